The predicted molar refractivity (Wildman–Crippen MR) is 115 cm³/mol. The second kappa shape index (κ2) is 6.64. The summed E-state index contributed by atoms with van der Waals surface area (Å²) in [6.45, 7) is 3.94. The van der Waals surface area contributed by atoms with E-state index in [2.05, 4.69) is 11.4 Å². The van der Waals surface area contributed by atoms with Gasteiger partial charge in [-0.25, -0.2) is 0 Å². The van der Waals surface area contributed by atoms with Crippen LogP contribution in [0.5, 0.6) is 5.75 Å². The average Bonchev–Trinajstić information content (AvgIpc) is 2.61. The number of carbonyl (C=O) groups is 1. The molecule has 2 aromatic rings. The number of thiocarbonyl (C=S) groups is 1. The monoisotopic (exact) mass is 415 g/mol. The van der Waals surface area contributed by atoms with Gasteiger partial charge in [-0.3, -0.25) is 9.69 Å². The Labute approximate surface area is 175 Å². The number of anilines is 1. The van der Waals surface area contributed by atoms with Crippen LogP contribution < -0.4 is 15.0 Å². The first-order chi connectivity index (χ1) is 13.2. The molecule has 0 unspecified atom stereocenters. The van der Waals surface area contributed by atoms with Crippen LogP contribution >= 0.6 is 23.8 Å². The molecule has 1 saturated heterocycles. The van der Waals surface area contributed by atoms with Gasteiger partial charge >= 0.3 is 0 Å². The number of hydrogen-bond donors (Lipinski definition) is 1. The Morgan fingerprint density at radius 1 is 1.29 bits per heavy atom. The fourth-order valence-electron chi connectivity index (χ4n) is 4.16. The fourth-order valence-corrected chi connectivity index (χ4v) is 4.76. The number of hydrogen-bond acceptors (Lipinski definition) is 3. The molecule has 0 aliphatic carbocycles. The van der Waals surface area contributed by atoms with Gasteiger partial charge in [0.25, 0.3) is 0 Å². The first kappa shape index (κ1) is 19.0. The number of nitrogens with zero attached hydrogens (tertiary/aromatic N) is 2. The molecular weight excluding hydrogens is 394 g/mol. The van der Waals surface area contributed by atoms with E-state index in [1.54, 1.807) is 25.1 Å². The van der Waals surface area contributed by atoms with Crippen LogP contribution in [0.25, 0.3) is 0 Å². The van der Waals surface area contributed by atoms with Crippen molar-refractivity contribution in [1.82, 2.24) is 10.2 Å². The van der Waals surface area contributed by atoms with Crippen LogP contribution in [0, 0.1) is 12.8 Å². The summed E-state index contributed by atoms with van der Waals surface area (Å²) in [4.78, 5) is 16.7. The summed E-state index contributed by atoms with van der Waals surface area (Å²) in [6, 6.07) is 13.2. The third-order valence-corrected chi connectivity index (χ3v) is 5.96. The van der Waals surface area contributed by atoms with Crippen LogP contribution in [0.3, 0.4) is 0 Å². The zero-order valence-electron chi connectivity index (χ0n) is 16.2. The highest BCUT2D eigenvalue weighted by atomic mass is 35.5. The Hall–Kier alpha value is -2.31. The van der Waals surface area contributed by atoms with Gasteiger partial charge in [-0.15, -0.1) is 0 Å². The van der Waals surface area contributed by atoms with Gasteiger partial charge in [0.1, 0.15) is 11.7 Å². The van der Waals surface area contributed by atoms with Gasteiger partial charge in [-0.2, -0.15) is 0 Å². The molecule has 0 saturated carbocycles. The summed E-state index contributed by atoms with van der Waals surface area (Å²) in [5.41, 5.74) is 1.83. The van der Waals surface area contributed by atoms with E-state index < -0.39 is 11.6 Å². The van der Waals surface area contributed by atoms with Crippen molar-refractivity contribution in [3.63, 3.8) is 0 Å². The van der Waals surface area contributed by atoms with Crippen LogP contribution in [-0.4, -0.2) is 35.7 Å². The van der Waals surface area contributed by atoms with Crippen LogP contribution in [-0.2, 0) is 4.79 Å². The highest BCUT2D eigenvalue weighted by Crippen LogP contribution is 2.50. The Morgan fingerprint density at radius 2 is 2.04 bits per heavy atom. The lowest BCUT2D eigenvalue weighted by atomic mass is 9.78. The number of aryl methyl sites for hydroxylation is 1. The molecule has 2 aliphatic rings. The molecule has 2 heterocycles. The maximum Gasteiger partial charge on any atom is 0.233 e. The van der Waals surface area contributed by atoms with E-state index in [9.17, 15) is 4.79 Å². The number of carbonyl (C=O) groups excluding carboxylic acids is 1. The summed E-state index contributed by atoms with van der Waals surface area (Å²) in [5.74, 6) is 0.229. The van der Waals surface area contributed by atoms with E-state index >= 15 is 0 Å². The molecule has 0 radical (unpaired) electrons. The molecule has 28 heavy (non-hydrogen) atoms. The van der Waals surface area contributed by atoms with E-state index in [-0.39, 0.29) is 11.9 Å². The standard InChI is InChI=1S/C21H22ClN3O2S/c1-12-8-9-16-15(10-12)18-17(19(26)24(3)4)21(2,27-16)25(20(28)23-18)14-7-5-6-13(22)11-14/h5-11,17-18H,1-4H3,(H,23,28)/t17-,18-,21+/m1/s1. The second-order valence-electron chi connectivity index (χ2n) is 7.65. The molecule has 7 heteroatoms. The molecule has 1 fully saturated rings. The maximum atomic E-state index is 13.3. The van der Waals surface area contributed by atoms with Crippen LogP contribution in [0.2, 0.25) is 5.02 Å². The zero-order valence-corrected chi connectivity index (χ0v) is 17.8. The number of halogens is 1. The quantitative estimate of drug-likeness (QED) is 0.754. The minimum absolute atomic E-state index is 0.0262. The maximum absolute atomic E-state index is 13.3. The van der Waals surface area contributed by atoms with Crippen molar-refractivity contribution in [3.05, 3.63) is 58.6 Å². The molecule has 5 nitrogen and oxygen atoms in total. The third-order valence-electron chi connectivity index (χ3n) is 5.43. The second-order valence-corrected chi connectivity index (χ2v) is 8.47. The van der Waals surface area contributed by atoms with Crippen molar-refractivity contribution in [2.45, 2.75) is 25.6 Å². The number of rotatable bonds is 2. The lowest BCUT2D eigenvalue weighted by Crippen LogP contribution is -2.72. The first-order valence-electron chi connectivity index (χ1n) is 9.09. The molecular formula is C21H22ClN3O2S. The molecule has 3 atom stereocenters. The number of fused-ring (bicyclic) bond motifs is 4. The predicted octanol–water partition coefficient (Wildman–Crippen LogP) is 3.90. The molecule has 1 amide bonds. The molecule has 0 spiro atoms. The van der Waals surface area contributed by atoms with Crippen LogP contribution in [0.15, 0.2) is 42.5 Å². The lowest BCUT2D eigenvalue weighted by molar-refractivity contribution is -0.144. The minimum Gasteiger partial charge on any atom is -0.467 e. The average molecular weight is 416 g/mol. The van der Waals surface area contributed by atoms with Crippen molar-refractivity contribution in [1.29, 1.82) is 0 Å². The van der Waals surface area contributed by atoms with E-state index in [1.807, 2.05) is 49.1 Å². The Balaban J connectivity index is 1.93. The summed E-state index contributed by atoms with van der Waals surface area (Å²) >= 11 is 11.9. The van der Waals surface area contributed by atoms with Crippen molar-refractivity contribution in [3.8, 4) is 5.75 Å². The van der Waals surface area contributed by atoms with Gasteiger partial charge in [-0.1, -0.05) is 35.4 Å². The van der Waals surface area contributed by atoms with E-state index in [1.165, 1.54) is 0 Å². The first-order valence-corrected chi connectivity index (χ1v) is 9.88. The largest absolute Gasteiger partial charge is 0.467 e. The Kier molecular flexibility index (Phi) is 4.51. The zero-order chi connectivity index (χ0) is 20.2. The number of benzene rings is 2. The van der Waals surface area contributed by atoms with Crippen molar-refractivity contribution >= 4 is 40.5 Å². The van der Waals surface area contributed by atoms with Gasteiger partial charge in [0.05, 0.1) is 6.04 Å². The van der Waals surface area contributed by atoms with Crippen molar-refractivity contribution in [2.24, 2.45) is 5.92 Å². The number of ether oxygens (including phenoxy) is 1. The highest BCUT2D eigenvalue weighted by Gasteiger charge is 2.59. The fraction of sp³-hybridized carbons (Fsp3) is 0.333. The Bertz CT molecular complexity index is 980. The number of nitrogens with one attached hydrogen (secondary N) is 1. The molecule has 146 valence electrons. The molecule has 2 aromatic carbocycles. The molecule has 2 aliphatic heterocycles. The topological polar surface area (TPSA) is 44.8 Å². The van der Waals surface area contributed by atoms with Crippen LogP contribution in [0.4, 0.5) is 5.69 Å². The van der Waals surface area contributed by atoms with Gasteiger partial charge in [0.15, 0.2) is 10.8 Å². The van der Waals surface area contributed by atoms with Gasteiger partial charge in [0, 0.05) is 30.4 Å². The summed E-state index contributed by atoms with van der Waals surface area (Å²) in [6.07, 6.45) is 0. The van der Waals surface area contributed by atoms with Gasteiger partial charge in [0.2, 0.25) is 5.91 Å². The van der Waals surface area contributed by atoms with E-state index in [4.69, 9.17) is 28.6 Å². The third kappa shape index (κ3) is 2.83. The molecule has 2 bridgehead atoms. The molecule has 4 rings (SSSR count). The Morgan fingerprint density at radius 3 is 2.71 bits per heavy atom. The molecule has 1 N–H and O–H groups in total. The van der Waals surface area contributed by atoms with Crippen LogP contribution in [0.1, 0.15) is 24.1 Å². The summed E-state index contributed by atoms with van der Waals surface area (Å²) < 4.78 is 6.51. The smallest absolute Gasteiger partial charge is 0.233 e. The van der Waals surface area contributed by atoms with Gasteiger partial charge < -0.3 is 15.0 Å². The van der Waals surface area contributed by atoms with Gasteiger partial charge in [-0.05, 0) is 50.3 Å². The molecule has 0 aromatic heterocycles. The van der Waals surface area contributed by atoms with E-state index in [0.29, 0.717) is 10.1 Å². The van der Waals surface area contributed by atoms with E-state index in [0.717, 1.165) is 22.6 Å². The van der Waals surface area contributed by atoms with Crippen molar-refractivity contribution in [2.75, 3.05) is 19.0 Å². The summed E-state index contributed by atoms with van der Waals surface area (Å²) in [5, 5.41) is 4.49. The minimum atomic E-state index is -0.999. The SMILES string of the molecule is Cc1ccc2c(c1)[C@H]1NC(=S)N(c3cccc(Cl)c3)[C@@](C)(O2)[C@H]1C(=O)N(C)C. The lowest BCUT2D eigenvalue weighted by Gasteiger charge is -2.56. The normalized spacial score (nSPS) is 25.5. The van der Waals surface area contributed by atoms with Crippen molar-refractivity contribution < 1.29 is 9.53 Å². The highest BCUT2D eigenvalue weighted by molar-refractivity contribution is 7.80. The summed E-state index contributed by atoms with van der Waals surface area (Å²) in [7, 11) is 3.52. The number of amides is 1.